The summed E-state index contributed by atoms with van der Waals surface area (Å²) < 4.78 is 0. The molecule has 5 nitrogen and oxygen atoms in total. The highest BCUT2D eigenvalue weighted by molar-refractivity contribution is 5.62. The Morgan fingerprint density at radius 1 is 1.39 bits per heavy atom. The van der Waals surface area contributed by atoms with Crippen LogP contribution in [-0.4, -0.2) is 9.97 Å². The van der Waals surface area contributed by atoms with E-state index in [1.54, 1.807) is 0 Å². The molecule has 0 atom stereocenters. The molecule has 2 aromatic rings. The molecule has 1 aliphatic rings. The number of nitriles is 1. The van der Waals surface area contributed by atoms with Crippen molar-refractivity contribution in [2.24, 2.45) is 5.92 Å². The fourth-order valence-corrected chi connectivity index (χ4v) is 3.16. The summed E-state index contributed by atoms with van der Waals surface area (Å²) in [6.07, 6.45) is 5.64. The lowest BCUT2D eigenvalue weighted by Gasteiger charge is -2.12. The van der Waals surface area contributed by atoms with E-state index in [4.69, 9.17) is 0 Å². The number of nitrogens with one attached hydrogen (secondary N) is 2. The maximum absolute atomic E-state index is 12.2. The van der Waals surface area contributed by atoms with Gasteiger partial charge in [-0.05, 0) is 30.5 Å². The van der Waals surface area contributed by atoms with E-state index in [0.29, 0.717) is 17.6 Å². The lowest BCUT2D eigenvalue weighted by atomic mass is 10.0. The molecule has 0 saturated heterocycles. The molecule has 0 radical (unpaired) electrons. The Bertz CT molecular complexity index is 797. The van der Waals surface area contributed by atoms with E-state index < -0.39 is 0 Å². The summed E-state index contributed by atoms with van der Waals surface area (Å²) in [5, 5.41) is 12.4. The molecule has 23 heavy (non-hydrogen) atoms. The topological polar surface area (TPSA) is 81.6 Å². The number of aryl methyl sites for hydroxylation is 1. The van der Waals surface area contributed by atoms with E-state index in [-0.39, 0.29) is 11.1 Å². The molecule has 1 fully saturated rings. The first kappa shape index (κ1) is 15.3. The molecule has 1 heterocycles. The minimum Gasteiger partial charge on any atom is -0.339 e. The van der Waals surface area contributed by atoms with Gasteiger partial charge in [0.1, 0.15) is 11.9 Å². The Morgan fingerprint density at radius 2 is 2.17 bits per heavy atom. The summed E-state index contributed by atoms with van der Waals surface area (Å²) in [4.78, 5) is 19.4. The predicted octanol–water partition coefficient (Wildman–Crippen LogP) is 3.43. The van der Waals surface area contributed by atoms with Gasteiger partial charge in [-0.1, -0.05) is 37.8 Å². The first-order chi connectivity index (χ1) is 11.2. The summed E-state index contributed by atoms with van der Waals surface area (Å²) in [5.74, 6) is 1.59. The lowest BCUT2D eigenvalue weighted by Crippen LogP contribution is -2.19. The third kappa shape index (κ3) is 3.59. The minimum absolute atomic E-state index is 0.0293. The molecule has 0 aliphatic heterocycles. The number of aromatic amines is 1. The van der Waals surface area contributed by atoms with Crippen LogP contribution < -0.4 is 10.9 Å². The van der Waals surface area contributed by atoms with Gasteiger partial charge < -0.3 is 10.3 Å². The van der Waals surface area contributed by atoms with Crippen molar-refractivity contribution in [2.75, 3.05) is 5.32 Å². The number of nitrogens with zero attached hydrogens (tertiary/aromatic N) is 2. The Kier molecular flexibility index (Phi) is 4.42. The van der Waals surface area contributed by atoms with E-state index in [1.807, 2.05) is 37.3 Å². The highest BCUT2D eigenvalue weighted by Crippen LogP contribution is 2.27. The largest absolute Gasteiger partial charge is 0.339 e. The Morgan fingerprint density at radius 3 is 2.87 bits per heavy atom. The fourth-order valence-electron chi connectivity index (χ4n) is 3.16. The number of hydrogen-bond donors (Lipinski definition) is 2. The van der Waals surface area contributed by atoms with Gasteiger partial charge in [-0.3, -0.25) is 4.79 Å². The van der Waals surface area contributed by atoms with Crippen LogP contribution in [0.3, 0.4) is 0 Å². The molecule has 1 aromatic heterocycles. The van der Waals surface area contributed by atoms with Crippen molar-refractivity contribution in [3.05, 3.63) is 51.6 Å². The van der Waals surface area contributed by atoms with Gasteiger partial charge >= 0.3 is 0 Å². The monoisotopic (exact) mass is 308 g/mol. The van der Waals surface area contributed by atoms with Crippen molar-refractivity contribution in [3.63, 3.8) is 0 Å². The third-order valence-corrected chi connectivity index (χ3v) is 4.32. The second-order valence-corrected chi connectivity index (χ2v) is 6.20. The van der Waals surface area contributed by atoms with E-state index in [0.717, 1.165) is 17.7 Å². The van der Waals surface area contributed by atoms with Crippen molar-refractivity contribution >= 4 is 11.5 Å². The van der Waals surface area contributed by atoms with Crippen LogP contribution in [0.15, 0.2) is 29.1 Å². The summed E-state index contributed by atoms with van der Waals surface area (Å²) in [6, 6.07) is 9.73. The van der Waals surface area contributed by atoms with Crippen molar-refractivity contribution < 1.29 is 0 Å². The smallest absolute Gasteiger partial charge is 0.271 e. The van der Waals surface area contributed by atoms with Crippen LogP contribution in [0.5, 0.6) is 0 Å². The zero-order valence-corrected chi connectivity index (χ0v) is 13.2. The summed E-state index contributed by atoms with van der Waals surface area (Å²) >= 11 is 0. The van der Waals surface area contributed by atoms with Crippen LogP contribution in [0, 0.1) is 24.2 Å². The quantitative estimate of drug-likeness (QED) is 0.906. The van der Waals surface area contributed by atoms with Gasteiger partial charge in [0, 0.05) is 12.1 Å². The van der Waals surface area contributed by atoms with Crippen LogP contribution in [0.2, 0.25) is 0 Å². The molecule has 118 valence electrons. The van der Waals surface area contributed by atoms with E-state index >= 15 is 0 Å². The van der Waals surface area contributed by atoms with Gasteiger partial charge in [-0.2, -0.15) is 5.26 Å². The SMILES string of the molecule is Cc1cccc(Nc2nc(CC3CCCC3)[nH]c(=O)c2C#N)c1. The molecule has 0 amide bonds. The van der Waals surface area contributed by atoms with Gasteiger partial charge in [0.15, 0.2) is 11.4 Å². The number of rotatable bonds is 4. The lowest BCUT2D eigenvalue weighted by molar-refractivity contribution is 0.529. The first-order valence-corrected chi connectivity index (χ1v) is 8.02. The normalized spacial score (nSPS) is 14.6. The van der Waals surface area contributed by atoms with Crippen molar-refractivity contribution in [1.82, 2.24) is 9.97 Å². The second-order valence-electron chi connectivity index (χ2n) is 6.20. The van der Waals surface area contributed by atoms with Gasteiger partial charge in [0.05, 0.1) is 0 Å². The zero-order valence-electron chi connectivity index (χ0n) is 13.2. The van der Waals surface area contributed by atoms with Crippen molar-refractivity contribution in [1.29, 1.82) is 5.26 Å². The number of hydrogen-bond acceptors (Lipinski definition) is 4. The molecular formula is C18H20N4O. The number of benzene rings is 1. The van der Waals surface area contributed by atoms with Crippen molar-refractivity contribution in [3.8, 4) is 6.07 Å². The standard InChI is InChI=1S/C18H20N4O/c1-12-5-4-8-14(9-12)20-17-15(11-19)18(23)22-16(21-17)10-13-6-2-3-7-13/h4-5,8-9,13H,2-3,6-7,10H2,1H3,(H2,20,21,22,23). The molecule has 5 heteroatoms. The summed E-state index contributed by atoms with van der Waals surface area (Å²) in [5.41, 5.74) is 1.59. The number of anilines is 2. The zero-order chi connectivity index (χ0) is 16.2. The van der Waals surface area contributed by atoms with E-state index in [9.17, 15) is 10.1 Å². The van der Waals surface area contributed by atoms with Gasteiger partial charge in [0.2, 0.25) is 0 Å². The summed E-state index contributed by atoms with van der Waals surface area (Å²) in [7, 11) is 0. The Hall–Kier alpha value is -2.61. The molecule has 2 N–H and O–H groups in total. The molecule has 0 spiro atoms. The van der Waals surface area contributed by atoms with Crippen LogP contribution in [-0.2, 0) is 6.42 Å². The number of H-pyrrole nitrogens is 1. The Labute approximate surface area is 135 Å². The number of aromatic nitrogens is 2. The molecule has 3 rings (SSSR count). The molecule has 0 unspecified atom stereocenters. The van der Waals surface area contributed by atoms with Gasteiger partial charge in [-0.25, -0.2) is 4.98 Å². The first-order valence-electron chi connectivity index (χ1n) is 8.02. The predicted molar refractivity (Wildman–Crippen MR) is 89.7 cm³/mol. The van der Waals surface area contributed by atoms with Crippen molar-refractivity contribution in [2.45, 2.75) is 39.0 Å². The second kappa shape index (κ2) is 6.66. The van der Waals surface area contributed by atoms with Gasteiger partial charge in [-0.15, -0.1) is 0 Å². The van der Waals surface area contributed by atoms with E-state index in [2.05, 4.69) is 15.3 Å². The summed E-state index contributed by atoms with van der Waals surface area (Å²) in [6.45, 7) is 1.99. The third-order valence-electron chi connectivity index (χ3n) is 4.32. The molecule has 0 bridgehead atoms. The minimum atomic E-state index is -0.370. The maximum atomic E-state index is 12.2. The maximum Gasteiger partial charge on any atom is 0.271 e. The molecule has 1 aliphatic carbocycles. The van der Waals surface area contributed by atoms with Gasteiger partial charge in [0.25, 0.3) is 5.56 Å². The van der Waals surface area contributed by atoms with Crippen LogP contribution in [0.25, 0.3) is 0 Å². The van der Waals surface area contributed by atoms with Crippen LogP contribution >= 0.6 is 0 Å². The molecular weight excluding hydrogens is 288 g/mol. The van der Waals surface area contributed by atoms with E-state index in [1.165, 1.54) is 25.7 Å². The average molecular weight is 308 g/mol. The highest BCUT2D eigenvalue weighted by Gasteiger charge is 2.18. The Balaban J connectivity index is 1.91. The fraction of sp³-hybridized carbons (Fsp3) is 0.389. The van der Waals surface area contributed by atoms with Crippen LogP contribution in [0.1, 0.15) is 42.6 Å². The molecule has 1 aromatic carbocycles. The highest BCUT2D eigenvalue weighted by atomic mass is 16.1. The average Bonchev–Trinajstić information content (AvgIpc) is 3.00. The van der Waals surface area contributed by atoms with Crippen LogP contribution in [0.4, 0.5) is 11.5 Å². The molecule has 1 saturated carbocycles.